The maximum absolute atomic E-state index is 14.5. The summed E-state index contributed by atoms with van der Waals surface area (Å²) in [7, 11) is 0. The van der Waals surface area contributed by atoms with Gasteiger partial charge in [-0.25, -0.2) is 4.39 Å². The van der Waals surface area contributed by atoms with Crippen molar-refractivity contribution in [3.63, 3.8) is 0 Å². The lowest BCUT2D eigenvalue weighted by Gasteiger charge is -2.28. The molecule has 0 aliphatic carbocycles. The highest BCUT2D eigenvalue weighted by molar-refractivity contribution is 6.42. The third-order valence-corrected chi connectivity index (χ3v) is 5.92. The first-order valence-corrected chi connectivity index (χ1v) is 11.3. The van der Waals surface area contributed by atoms with Crippen molar-refractivity contribution in [3.05, 3.63) is 87.7 Å². The molecule has 0 radical (unpaired) electrons. The smallest absolute Gasteiger partial charge is 0.416 e. The van der Waals surface area contributed by atoms with Crippen LogP contribution in [0.4, 0.5) is 23.2 Å². The van der Waals surface area contributed by atoms with Crippen molar-refractivity contribution in [2.24, 2.45) is 0 Å². The van der Waals surface area contributed by atoms with E-state index in [4.69, 9.17) is 27.9 Å². The fourth-order valence-electron chi connectivity index (χ4n) is 3.45. The van der Waals surface area contributed by atoms with Crippen LogP contribution >= 0.6 is 23.2 Å². The molecule has 9 heteroatoms. The number of ether oxygens (including phenoxy) is 1. The van der Waals surface area contributed by atoms with Gasteiger partial charge in [0.2, 0.25) is 0 Å². The molecule has 1 unspecified atom stereocenters. The van der Waals surface area contributed by atoms with Crippen molar-refractivity contribution >= 4 is 28.9 Å². The molecular formula is C25H23Cl2F4NO2. The van der Waals surface area contributed by atoms with E-state index in [1.54, 1.807) is 47.4 Å². The summed E-state index contributed by atoms with van der Waals surface area (Å²) in [5.41, 5.74) is -0.545. The molecule has 3 aromatic rings. The van der Waals surface area contributed by atoms with Gasteiger partial charge in [0, 0.05) is 30.4 Å². The van der Waals surface area contributed by atoms with Crippen molar-refractivity contribution in [1.82, 2.24) is 0 Å². The Hall–Kier alpha value is -2.48. The van der Waals surface area contributed by atoms with E-state index in [1.165, 1.54) is 0 Å². The van der Waals surface area contributed by atoms with Gasteiger partial charge in [0.15, 0.2) is 0 Å². The van der Waals surface area contributed by atoms with Crippen LogP contribution in [0, 0.1) is 5.82 Å². The Morgan fingerprint density at radius 3 is 2.47 bits per heavy atom. The zero-order chi connectivity index (χ0) is 24.9. The lowest BCUT2D eigenvalue weighted by molar-refractivity contribution is -0.137. The predicted molar refractivity (Wildman–Crippen MR) is 126 cm³/mol. The molecule has 0 saturated carbocycles. The maximum Gasteiger partial charge on any atom is 0.416 e. The van der Waals surface area contributed by atoms with Gasteiger partial charge in [0.05, 0.1) is 16.7 Å². The molecule has 0 fully saturated rings. The van der Waals surface area contributed by atoms with E-state index >= 15 is 0 Å². The summed E-state index contributed by atoms with van der Waals surface area (Å²) >= 11 is 12.2. The van der Waals surface area contributed by atoms with Gasteiger partial charge in [-0.15, -0.1) is 0 Å². The molecule has 0 amide bonds. The van der Waals surface area contributed by atoms with Crippen LogP contribution in [0.2, 0.25) is 10.0 Å². The number of benzene rings is 3. The van der Waals surface area contributed by atoms with Crippen molar-refractivity contribution in [1.29, 1.82) is 0 Å². The fourth-order valence-corrected chi connectivity index (χ4v) is 3.78. The number of hydrogen-bond acceptors (Lipinski definition) is 3. The molecule has 0 aliphatic rings. The summed E-state index contributed by atoms with van der Waals surface area (Å²) in [6.45, 7) is 1.81. The number of halogens is 6. The van der Waals surface area contributed by atoms with Crippen LogP contribution in [0.5, 0.6) is 11.5 Å². The van der Waals surface area contributed by atoms with Gasteiger partial charge in [0.25, 0.3) is 0 Å². The van der Waals surface area contributed by atoms with E-state index in [-0.39, 0.29) is 23.7 Å². The minimum Gasteiger partial charge on any atom is -0.456 e. The molecule has 0 aromatic heterocycles. The Morgan fingerprint density at radius 1 is 1.03 bits per heavy atom. The van der Waals surface area contributed by atoms with Crippen LogP contribution in [0.15, 0.2) is 60.7 Å². The van der Waals surface area contributed by atoms with E-state index in [0.29, 0.717) is 41.1 Å². The summed E-state index contributed by atoms with van der Waals surface area (Å²) in [4.78, 5) is 1.62. The molecule has 0 aliphatic heterocycles. The molecule has 3 nitrogen and oxygen atoms in total. The van der Waals surface area contributed by atoms with Gasteiger partial charge in [-0.2, -0.15) is 13.2 Å². The molecule has 0 bridgehead atoms. The maximum atomic E-state index is 14.5. The van der Waals surface area contributed by atoms with Gasteiger partial charge < -0.3 is 14.7 Å². The quantitative estimate of drug-likeness (QED) is 0.292. The summed E-state index contributed by atoms with van der Waals surface area (Å²) in [6.07, 6.45) is -4.16. The molecule has 1 atom stereocenters. The molecule has 3 rings (SSSR count). The highest BCUT2D eigenvalue weighted by Crippen LogP contribution is 2.36. The molecule has 1 N–H and O–H groups in total. The molecule has 182 valence electrons. The number of nitrogens with zero attached hydrogens (tertiary/aromatic N) is 1. The Morgan fingerprint density at radius 2 is 1.76 bits per heavy atom. The summed E-state index contributed by atoms with van der Waals surface area (Å²) in [6, 6.07) is 13.9. The highest BCUT2D eigenvalue weighted by atomic mass is 35.5. The van der Waals surface area contributed by atoms with E-state index in [2.05, 4.69) is 0 Å². The van der Waals surface area contributed by atoms with Crippen LogP contribution in [-0.4, -0.2) is 17.8 Å². The van der Waals surface area contributed by atoms with Crippen LogP contribution in [0.1, 0.15) is 30.9 Å². The van der Waals surface area contributed by atoms with Gasteiger partial charge >= 0.3 is 6.18 Å². The van der Waals surface area contributed by atoms with Crippen molar-refractivity contribution in [2.45, 2.75) is 38.6 Å². The first-order valence-electron chi connectivity index (χ1n) is 10.6. The number of aliphatic hydroxyl groups is 1. The van der Waals surface area contributed by atoms with Crippen LogP contribution in [0.3, 0.4) is 0 Å². The van der Waals surface area contributed by atoms with Gasteiger partial charge in [0.1, 0.15) is 22.3 Å². The number of aliphatic hydroxyl groups excluding tert-OH is 1. The highest BCUT2D eigenvalue weighted by Gasteiger charge is 2.31. The van der Waals surface area contributed by atoms with Crippen molar-refractivity contribution in [3.8, 4) is 11.5 Å². The molecule has 0 heterocycles. The third-order valence-electron chi connectivity index (χ3n) is 5.11. The number of rotatable bonds is 9. The van der Waals surface area contributed by atoms with Gasteiger partial charge in [-0.3, -0.25) is 0 Å². The first kappa shape index (κ1) is 26.1. The standard InChI is InChI=1S/C25H23Cl2F4NO2/c1-2-5-19(33)15-32(14-16-12-17(25(29,30)31)10-11-22(16)28)18-6-3-7-20(13-18)34-23-9-4-8-21(26)24(23)27/h3-4,6-13,19,33H,2,5,14-15H2,1H3. The van der Waals surface area contributed by atoms with E-state index < -0.39 is 23.7 Å². The zero-order valence-corrected chi connectivity index (χ0v) is 19.8. The molecule has 0 saturated heterocycles. The third kappa shape index (κ3) is 6.78. The van der Waals surface area contributed by atoms with Crippen molar-refractivity contribution < 1.29 is 27.4 Å². The van der Waals surface area contributed by atoms with E-state index in [1.807, 2.05) is 6.92 Å². The summed E-state index contributed by atoms with van der Waals surface area (Å²) < 4.78 is 59.8. The Kier molecular flexibility index (Phi) is 8.68. The first-order chi connectivity index (χ1) is 16.1. The molecule has 0 spiro atoms. The monoisotopic (exact) mass is 515 g/mol. The Bertz CT molecular complexity index is 1120. The van der Waals surface area contributed by atoms with Crippen LogP contribution in [0.25, 0.3) is 0 Å². The normalized spacial score (nSPS) is 12.5. The van der Waals surface area contributed by atoms with E-state index in [9.17, 15) is 22.7 Å². The average Bonchev–Trinajstić information content (AvgIpc) is 2.77. The second kappa shape index (κ2) is 11.3. The number of alkyl halides is 3. The molecular weight excluding hydrogens is 493 g/mol. The summed E-state index contributed by atoms with van der Waals surface area (Å²) in [5.74, 6) is -0.0462. The number of anilines is 1. The lowest BCUT2D eigenvalue weighted by Crippen LogP contribution is -2.32. The Labute approximate surface area is 205 Å². The second-order valence-corrected chi connectivity index (χ2v) is 8.56. The SMILES string of the molecule is CCCC(O)CN(Cc1cc(C(F)(F)F)ccc1F)c1cccc(Oc2cccc(Cl)c2Cl)c1. The van der Waals surface area contributed by atoms with Crippen molar-refractivity contribution in [2.75, 3.05) is 11.4 Å². The van der Waals surface area contributed by atoms with Gasteiger partial charge in [-0.1, -0.05) is 48.7 Å². The predicted octanol–water partition coefficient (Wildman–Crippen LogP) is 8.11. The van der Waals surface area contributed by atoms with Crippen LogP contribution < -0.4 is 9.64 Å². The van der Waals surface area contributed by atoms with Crippen LogP contribution in [-0.2, 0) is 12.7 Å². The minimum atomic E-state index is -4.60. The lowest BCUT2D eigenvalue weighted by atomic mass is 10.1. The molecule has 3 aromatic carbocycles. The fraction of sp³-hybridized carbons (Fsp3) is 0.280. The largest absolute Gasteiger partial charge is 0.456 e. The number of hydrogen-bond donors (Lipinski definition) is 1. The zero-order valence-electron chi connectivity index (χ0n) is 18.2. The summed E-state index contributed by atoms with van der Waals surface area (Å²) in [5, 5.41) is 11.0. The van der Waals surface area contributed by atoms with Gasteiger partial charge in [-0.05, 0) is 48.9 Å². The average molecular weight is 516 g/mol. The minimum absolute atomic E-state index is 0.0882. The molecule has 34 heavy (non-hydrogen) atoms. The topological polar surface area (TPSA) is 32.7 Å². The van der Waals surface area contributed by atoms with E-state index in [0.717, 1.165) is 12.1 Å². The second-order valence-electron chi connectivity index (χ2n) is 7.78. The Balaban J connectivity index is 1.94.